The average Bonchev–Trinajstić information content (AvgIpc) is 2.71. The molecule has 2 saturated carbocycles. The van der Waals surface area contributed by atoms with E-state index >= 15 is 0 Å². The van der Waals surface area contributed by atoms with E-state index in [1.807, 2.05) is 5.32 Å². The van der Waals surface area contributed by atoms with Gasteiger partial charge in [-0.25, -0.2) is 13.6 Å². The summed E-state index contributed by atoms with van der Waals surface area (Å²) in [6, 6.07) is -3.00. The molecule has 1 aromatic rings. The van der Waals surface area contributed by atoms with E-state index < -0.39 is 24.2 Å². The fourth-order valence-corrected chi connectivity index (χ4v) is 3.39. The summed E-state index contributed by atoms with van der Waals surface area (Å²) in [6.07, 6.45) is -2.46. The fraction of sp³-hybridized carbons (Fsp3) is 0.750. The van der Waals surface area contributed by atoms with Crippen molar-refractivity contribution in [2.24, 2.45) is 7.05 Å². The third kappa shape index (κ3) is 3.64. The largest absolute Gasteiger partial charge is 0.408 e. The first-order chi connectivity index (χ1) is 12.0. The number of aromatic nitrogens is 2. The molecule has 1 heterocycles. The summed E-state index contributed by atoms with van der Waals surface area (Å²) in [5.74, 6) is -2.72. The Bertz CT molecular complexity index is 688. The molecule has 0 bridgehead atoms. The van der Waals surface area contributed by atoms with E-state index in [4.69, 9.17) is 0 Å². The van der Waals surface area contributed by atoms with Crippen LogP contribution in [0.1, 0.15) is 62.1 Å². The lowest BCUT2D eigenvalue weighted by Crippen LogP contribution is -2.45. The lowest BCUT2D eigenvalue weighted by atomic mass is 9.73. The third-order valence-electron chi connectivity index (χ3n) is 5.17. The van der Waals surface area contributed by atoms with E-state index in [2.05, 4.69) is 10.4 Å². The van der Waals surface area contributed by atoms with Crippen molar-refractivity contribution in [1.82, 2.24) is 15.1 Å². The van der Waals surface area contributed by atoms with Gasteiger partial charge in [0.25, 0.3) is 0 Å². The summed E-state index contributed by atoms with van der Waals surface area (Å²) in [5.41, 5.74) is 1.22. The van der Waals surface area contributed by atoms with Crippen molar-refractivity contribution in [2.45, 2.75) is 69.0 Å². The minimum absolute atomic E-state index is 0.0864. The van der Waals surface area contributed by atoms with Crippen LogP contribution in [-0.2, 0) is 7.05 Å². The number of nitrogens with zero attached hydrogens (tertiary/aromatic N) is 2. The number of carbonyl (C=O) groups is 1. The summed E-state index contributed by atoms with van der Waals surface area (Å²) >= 11 is 0. The summed E-state index contributed by atoms with van der Waals surface area (Å²) in [4.78, 5) is 12.0. The number of rotatable bonds is 4. The molecule has 0 radical (unpaired) electrons. The highest BCUT2D eigenvalue weighted by molar-refractivity contribution is 5.89. The monoisotopic (exact) mass is 380 g/mol. The first kappa shape index (κ1) is 18.9. The van der Waals surface area contributed by atoms with Crippen LogP contribution < -0.4 is 10.6 Å². The van der Waals surface area contributed by atoms with Gasteiger partial charge in [0.15, 0.2) is 0 Å². The molecule has 0 saturated heterocycles. The van der Waals surface area contributed by atoms with Gasteiger partial charge in [0, 0.05) is 31.4 Å². The third-order valence-corrected chi connectivity index (χ3v) is 5.17. The van der Waals surface area contributed by atoms with E-state index in [0.29, 0.717) is 11.3 Å². The second-order valence-electron chi connectivity index (χ2n) is 7.22. The number of nitrogens with one attached hydrogen (secondary N) is 2. The first-order valence-corrected chi connectivity index (χ1v) is 8.57. The number of alkyl halides is 5. The molecule has 2 N–H and O–H groups in total. The van der Waals surface area contributed by atoms with Gasteiger partial charge in [-0.3, -0.25) is 10.00 Å². The van der Waals surface area contributed by atoms with E-state index in [-0.39, 0.29) is 30.5 Å². The van der Waals surface area contributed by atoms with Crippen LogP contribution in [0.25, 0.3) is 0 Å². The van der Waals surface area contributed by atoms with Crippen molar-refractivity contribution >= 4 is 11.8 Å². The van der Waals surface area contributed by atoms with Crippen LogP contribution in [0.3, 0.4) is 0 Å². The highest BCUT2D eigenvalue weighted by Gasteiger charge is 2.49. The smallest absolute Gasteiger partial charge is 0.326 e. The summed E-state index contributed by atoms with van der Waals surface area (Å²) in [5, 5.41) is 8.58. The Morgan fingerprint density at radius 3 is 2.35 bits per heavy atom. The molecule has 2 aliphatic carbocycles. The van der Waals surface area contributed by atoms with E-state index in [1.54, 1.807) is 7.05 Å². The zero-order valence-corrected chi connectivity index (χ0v) is 14.5. The predicted molar refractivity (Wildman–Crippen MR) is 84.4 cm³/mol. The van der Waals surface area contributed by atoms with Crippen LogP contribution in [0, 0.1) is 0 Å². The molecule has 0 spiro atoms. The van der Waals surface area contributed by atoms with Gasteiger partial charge in [0.2, 0.25) is 5.92 Å². The van der Waals surface area contributed by atoms with Crippen molar-refractivity contribution in [3.63, 3.8) is 0 Å². The molecule has 0 aromatic carbocycles. The number of carbonyl (C=O) groups excluding carboxylic acids is 1. The van der Waals surface area contributed by atoms with Gasteiger partial charge in [0.05, 0.1) is 5.69 Å². The van der Waals surface area contributed by atoms with Crippen molar-refractivity contribution in [2.75, 3.05) is 5.32 Å². The number of aryl methyl sites for hydroxylation is 1. The maximum atomic E-state index is 13.3. The molecular weight excluding hydrogens is 359 g/mol. The highest BCUT2D eigenvalue weighted by Crippen LogP contribution is 2.52. The maximum Gasteiger partial charge on any atom is 0.408 e. The van der Waals surface area contributed by atoms with Gasteiger partial charge in [-0.05, 0) is 25.7 Å². The zero-order chi connectivity index (χ0) is 19.3. The normalized spacial score (nSPS) is 21.7. The first-order valence-electron chi connectivity index (χ1n) is 8.57. The molecule has 0 unspecified atom stereocenters. The number of anilines is 1. The molecule has 26 heavy (non-hydrogen) atoms. The molecule has 2 fully saturated rings. The second-order valence-corrected chi connectivity index (χ2v) is 7.22. The van der Waals surface area contributed by atoms with E-state index in [9.17, 15) is 26.7 Å². The zero-order valence-electron chi connectivity index (χ0n) is 14.5. The summed E-state index contributed by atoms with van der Waals surface area (Å²) in [6.45, 7) is 0.845. The van der Waals surface area contributed by atoms with Gasteiger partial charge in [0.1, 0.15) is 11.9 Å². The number of amides is 2. The van der Waals surface area contributed by atoms with Gasteiger partial charge in [-0.2, -0.15) is 18.3 Å². The van der Waals surface area contributed by atoms with Crippen molar-refractivity contribution in [3.8, 4) is 0 Å². The van der Waals surface area contributed by atoms with Crippen LogP contribution in [0.15, 0.2) is 0 Å². The fourth-order valence-electron chi connectivity index (χ4n) is 3.39. The van der Waals surface area contributed by atoms with Gasteiger partial charge >= 0.3 is 12.2 Å². The van der Waals surface area contributed by atoms with E-state index in [0.717, 1.165) is 26.2 Å². The number of hydrogen-bond donors (Lipinski definition) is 2. The minimum Gasteiger partial charge on any atom is -0.326 e. The highest BCUT2D eigenvalue weighted by atomic mass is 19.4. The Balaban J connectivity index is 1.80. The maximum absolute atomic E-state index is 13.3. The van der Waals surface area contributed by atoms with Crippen LogP contribution in [0.4, 0.5) is 32.6 Å². The predicted octanol–water partition coefficient (Wildman–Crippen LogP) is 4.27. The standard InChI is InChI=1S/C16H21F5N4O/c1-8(16(19,20)21)22-14(26)23-13-11(9-4-3-5-9)12(24-25(13)2)10-6-15(17,18)7-10/h8-10H,3-7H2,1-2H3,(H2,22,23,26)/t8-/m1/s1. The molecule has 0 aliphatic heterocycles. The molecule has 2 amide bonds. The van der Waals surface area contributed by atoms with Crippen LogP contribution in [0.2, 0.25) is 0 Å². The van der Waals surface area contributed by atoms with Crippen LogP contribution in [-0.4, -0.2) is 34.0 Å². The Morgan fingerprint density at radius 1 is 1.27 bits per heavy atom. The Hall–Kier alpha value is -1.87. The summed E-state index contributed by atoms with van der Waals surface area (Å²) in [7, 11) is 1.55. The SMILES string of the molecule is C[C@@H](NC(=O)Nc1c(C2CCC2)c(C2CC(F)(F)C2)nn1C)C(F)(F)F. The molecule has 1 aromatic heterocycles. The number of urea groups is 1. The van der Waals surface area contributed by atoms with Gasteiger partial charge in [-0.1, -0.05) is 6.42 Å². The van der Waals surface area contributed by atoms with Gasteiger partial charge in [-0.15, -0.1) is 0 Å². The molecule has 146 valence electrons. The average molecular weight is 380 g/mol. The molecule has 10 heteroatoms. The van der Waals surface area contributed by atoms with Crippen LogP contribution >= 0.6 is 0 Å². The molecule has 1 atom stereocenters. The molecule has 5 nitrogen and oxygen atoms in total. The van der Waals surface area contributed by atoms with E-state index in [1.165, 1.54) is 4.68 Å². The second kappa shape index (κ2) is 6.38. The summed E-state index contributed by atoms with van der Waals surface area (Å²) < 4.78 is 65.7. The Kier molecular flexibility index (Phi) is 4.64. The lowest BCUT2D eigenvalue weighted by Gasteiger charge is -2.36. The van der Waals surface area contributed by atoms with Crippen molar-refractivity contribution < 1.29 is 26.7 Å². The number of halogens is 5. The van der Waals surface area contributed by atoms with Crippen LogP contribution in [0.5, 0.6) is 0 Å². The molecular formula is C16H21F5N4O. The molecule has 3 rings (SSSR count). The van der Waals surface area contributed by atoms with Gasteiger partial charge < -0.3 is 5.32 Å². The minimum atomic E-state index is -4.55. The Labute approximate surface area is 147 Å². The lowest BCUT2D eigenvalue weighted by molar-refractivity contribution is -0.148. The van der Waals surface area contributed by atoms with Crippen molar-refractivity contribution in [3.05, 3.63) is 11.3 Å². The quantitative estimate of drug-likeness (QED) is 0.767. The number of hydrogen-bond acceptors (Lipinski definition) is 2. The topological polar surface area (TPSA) is 59.0 Å². The molecule has 2 aliphatic rings. The van der Waals surface area contributed by atoms with Crippen molar-refractivity contribution in [1.29, 1.82) is 0 Å². The Morgan fingerprint density at radius 2 is 1.88 bits per heavy atom.